The molecule has 2 unspecified atom stereocenters. The van der Waals surface area contributed by atoms with Gasteiger partial charge in [0.05, 0.1) is 0 Å². The van der Waals surface area contributed by atoms with E-state index in [4.69, 9.17) is 0 Å². The molecule has 0 aliphatic heterocycles. The molecule has 0 heterocycles. The monoisotopic (exact) mass is 958 g/mol. The fourth-order valence-corrected chi connectivity index (χ4v) is 38.2. The largest absolute Gasteiger partial charge is 0.147 e. The van der Waals surface area contributed by atoms with Crippen molar-refractivity contribution in [1.82, 2.24) is 0 Å². The maximum atomic E-state index is 15.1. The molecule has 61 heavy (non-hydrogen) atoms. The Hall–Kier alpha value is -2.17. The number of benzene rings is 4. The third-order valence-corrected chi connectivity index (χ3v) is 40.3. The van der Waals surface area contributed by atoms with Crippen LogP contribution in [0.1, 0.15) is 138 Å². The van der Waals surface area contributed by atoms with E-state index < -0.39 is 30.0 Å². The summed E-state index contributed by atoms with van der Waals surface area (Å²) in [5.74, 6) is 1.65. The van der Waals surface area contributed by atoms with Crippen LogP contribution < -0.4 is 0 Å². The second-order valence-corrected chi connectivity index (χ2v) is 49.7. The normalized spacial score (nSPS) is 27.3. The molecule has 0 saturated heterocycles. The van der Waals surface area contributed by atoms with Gasteiger partial charge in [0, 0.05) is 0 Å². The van der Waals surface area contributed by atoms with Crippen LogP contribution in [0.3, 0.4) is 0 Å². The maximum Gasteiger partial charge on any atom is -0.147 e. The molecular weight excluding hydrogens is 896 g/mol. The molecule has 4 bridgehead atoms. The molecule has 0 nitrogen and oxygen atoms in total. The van der Waals surface area contributed by atoms with Crippen LogP contribution in [0.5, 0.6) is 0 Å². The zero-order valence-corrected chi connectivity index (χ0v) is 42.0. The summed E-state index contributed by atoms with van der Waals surface area (Å²) in [6.07, 6.45) is 17.3. The van der Waals surface area contributed by atoms with Crippen molar-refractivity contribution >= 4 is 43.8 Å². The topological polar surface area (TPSA) is 0 Å². The van der Waals surface area contributed by atoms with Crippen LogP contribution in [-0.4, -0.2) is 13.1 Å². The van der Waals surface area contributed by atoms with Crippen LogP contribution in [0.25, 0.3) is 34.4 Å². The van der Waals surface area contributed by atoms with Gasteiger partial charge < -0.3 is 0 Å². The van der Waals surface area contributed by atoms with Gasteiger partial charge in [-0.3, -0.25) is 0 Å². The summed E-state index contributed by atoms with van der Waals surface area (Å²) in [6, 6.07) is 31.9. The van der Waals surface area contributed by atoms with Gasteiger partial charge in [-0.1, -0.05) is 0 Å². The van der Waals surface area contributed by atoms with Gasteiger partial charge >= 0.3 is 356 Å². The van der Waals surface area contributed by atoms with E-state index in [1.54, 1.807) is 0 Å². The Bertz CT molecular complexity index is 2260. The molecule has 0 aromatic heterocycles. The number of aryl methyl sites for hydroxylation is 2. The molecule has 0 amide bonds. The first-order chi connectivity index (χ1) is 28.3. The summed E-state index contributed by atoms with van der Waals surface area (Å²) >= 11 is -4.85. The van der Waals surface area contributed by atoms with Gasteiger partial charge in [-0.2, -0.15) is 0 Å². The predicted molar refractivity (Wildman–Crippen MR) is 256 cm³/mol. The molecule has 0 radical (unpaired) electrons. The minimum absolute atomic E-state index is 0. The van der Waals surface area contributed by atoms with E-state index in [0.717, 1.165) is 37.5 Å². The summed E-state index contributed by atoms with van der Waals surface area (Å²) in [4.78, 5) is 0. The van der Waals surface area contributed by atoms with Crippen molar-refractivity contribution in [2.75, 3.05) is 0 Å². The number of fused-ring (bicyclic) bond motifs is 6. The van der Waals surface area contributed by atoms with Crippen molar-refractivity contribution in [1.29, 1.82) is 0 Å². The quantitative estimate of drug-likeness (QED) is 0.124. The van der Waals surface area contributed by atoms with Crippen LogP contribution in [0.15, 0.2) is 96.1 Å². The molecule has 4 saturated carbocycles. The second-order valence-electron chi connectivity index (χ2n) is 21.3. The van der Waals surface area contributed by atoms with Crippen molar-refractivity contribution in [3.8, 4) is 22.3 Å². The van der Waals surface area contributed by atoms with Gasteiger partial charge in [0.25, 0.3) is 0 Å². The van der Waals surface area contributed by atoms with E-state index in [2.05, 4.69) is 122 Å². The number of alkyl halides is 3. The first-order valence-electron chi connectivity index (χ1n) is 23.3. The molecule has 4 aromatic carbocycles. The maximum absolute atomic E-state index is 15.1. The van der Waals surface area contributed by atoms with Crippen molar-refractivity contribution in [2.24, 2.45) is 22.7 Å². The predicted octanol–water partition coefficient (Wildman–Crippen LogP) is 16.2. The zero-order chi connectivity index (χ0) is 40.8. The Balaban J connectivity index is 0.00000257. The third kappa shape index (κ3) is 8.03. The summed E-state index contributed by atoms with van der Waals surface area (Å²) in [6.45, 7) is 6.60. The molecule has 6 aliphatic carbocycles. The van der Waals surface area contributed by atoms with Crippen LogP contribution in [-0.2, 0) is 30.2 Å². The summed E-state index contributed by atoms with van der Waals surface area (Å²) in [5.41, 5.74) is 16.4. The SMILES string of the molecule is CCc1ccc(-c2cccc3c2C=C(CC24CCC(CC2)C4)[CH]3[Zr]([CH3])(=[SiH2])([CH2]CC(F)(F)F)[CH]2C(CC34CCC(CC3)C4)=Cc3c(-c4ccc(CC)cc4)cccc32)cc1.Cl.Cl. The first-order valence-corrected chi connectivity index (χ1v) is 36.2. The minimum atomic E-state index is -4.85. The molecule has 4 aromatic rings. The summed E-state index contributed by atoms with van der Waals surface area (Å²) in [5, 5.41) is 0. The zero-order valence-electron chi connectivity index (χ0n) is 36.5. The Morgan fingerprint density at radius 3 is 1.33 bits per heavy atom. The van der Waals surface area contributed by atoms with Gasteiger partial charge in [-0.05, 0) is 0 Å². The van der Waals surface area contributed by atoms with Crippen LogP contribution in [0.4, 0.5) is 13.2 Å². The third-order valence-electron chi connectivity index (χ3n) is 17.4. The van der Waals surface area contributed by atoms with Gasteiger partial charge in [-0.25, -0.2) is 0 Å². The Morgan fingerprint density at radius 1 is 0.607 bits per heavy atom. The smallest absolute Gasteiger partial charge is 0.147 e. The summed E-state index contributed by atoms with van der Waals surface area (Å²) in [7, 11) is 0. The average Bonchev–Trinajstić information content (AvgIpc) is 4.10. The number of hydrogen-bond donors (Lipinski definition) is 0. The standard InChI is InChI=1S/2C25H27.C3H4F3.CH3.2ClH.H2Si.Zr/c2*1-2-18-6-8-21(9-7-18)23-5-3-4-22-14-20(15-24(22)23)17-25-12-10-19(16-25)11-13-25;1-2-3(4,5)6;;;;;/h2*3-9,14-15,19H,2,10-13,16-17H2,1H3;1-2H2;1H3;2*1H;1H2;. The van der Waals surface area contributed by atoms with E-state index in [1.165, 1.54) is 131 Å². The molecule has 10 rings (SSSR count). The molecule has 7 heteroatoms. The molecule has 6 aliphatic rings. The second kappa shape index (κ2) is 16.7. The molecular formula is C54H65Cl2F3SiZr. The molecule has 324 valence electrons. The van der Waals surface area contributed by atoms with E-state index in [9.17, 15) is 0 Å². The average molecular weight is 961 g/mol. The van der Waals surface area contributed by atoms with E-state index in [1.807, 2.05) is 0 Å². The first kappa shape index (κ1) is 45.4. The van der Waals surface area contributed by atoms with E-state index in [-0.39, 0.29) is 32.1 Å². The molecule has 2 atom stereocenters. The molecule has 0 N–H and O–H groups in total. The number of halogens is 5. The molecule has 0 spiro atoms. The number of allylic oxidation sites excluding steroid dienone is 2. The van der Waals surface area contributed by atoms with Gasteiger partial charge in [0.1, 0.15) is 0 Å². The summed E-state index contributed by atoms with van der Waals surface area (Å²) < 4.78 is 48.3. The van der Waals surface area contributed by atoms with E-state index in [0.29, 0.717) is 15.0 Å². The van der Waals surface area contributed by atoms with Crippen LogP contribution >= 0.6 is 24.8 Å². The Morgan fingerprint density at radius 2 is 1.00 bits per heavy atom. The van der Waals surface area contributed by atoms with E-state index >= 15 is 13.2 Å². The van der Waals surface area contributed by atoms with Gasteiger partial charge in [-0.15, -0.1) is 24.8 Å². The van der Waals surface area contributed by atoms with Gasteiger partial charge in [0.15, 0.2) is 0 Å². The number of rotatable bonds is 12. The van der Waals surface area contributed by atoms with Crippen molar-refractivity contribution in [3.63, 3.8) is 0 Å². The van der Waals surface area contributed by atoms with Crippen molar-refractivity contribution in [2.45, 2.75) is 132 Å². The van der Waals surface area contributed by atoms with Gasteiger partial charge in [0.2, 0.25) is 0 Å². The van der Waals surface area contributed by atoms with Crippen LogP contribution in [0, 0.1) is 22.7 Å². The fraction of sp³-hybridized carbons (Fsp3) is 0.481. The molecule has 4 fully saturated rings. The van der Waals surface area contributed by atoms with Crippen LogP contribution in [0.2, 0.25) is 8.76 Å². The fourth-order valence-electron chi connectivity index (χ4n) is 14.6. The Labute approximate surface area is 378 Å². The number of hydrogen-bond acceptors (Lipinski definition) is 0. The Kier molecular flexibility index (Phi) is 12.4. The van der Waals surface area contributed by atoms with Crippen molar-refractivity contribution < 1.29 is 30.6 Å². The minimum Gasteiger partial charge on any atom is -0.147 e. The van der Waals surface area contributed by atoms with Crippen molar-refractivity contribution in [3.05, 3.63) is 129 Å².